The molecule has 3 rings (SSSR count). The Morgan fingerprint density at radius 1 is 1.17 bits per heavy atom. The van der Waals surface area contributed by atoms with Gasteiger partial charge in [0.15, 0.2) is 0 Å². The number of rotatable bonds is 6. The summed E-state index contributed by atoms with van der Waals surface area (Å²) in [7, 11) is 0. The van der Waals surface area contributed by atoms with Crippen molar-refractivity contribution in [3.05, 3.63) is 69.8 Å². The van der Waals surface area contributed by atoms with E-state index < -0.39 is 4.92 Å². The molecule has 0 radical (unpaired) electrons. The molecule has 0 spiro atoms. The van der Waals surface area contributed by atoms with Crippen molar-refractivity contribution in [3.63, 3.8) is 0 Å². The van der Waals surface area contributed by atoms with Crippen LogP contribution in [0.3, 0.4) is 0 Å². The Bertz CT molecular complexity index is 915. The number of amides is 1. The van der Waals surface area contributed by atoms with Gasteiger partial charge < -0.3 is 5.32 Å². The Labute approximate surface area is 169 Å². The van der Waals surface area contributed by atoms with Gasteiger partial charge in [0.2, 0.25) is 5.91 Å². The van der Waals surface area contributed by atoms with Gasteiger partial charge in [0, 0.05) is 38.8 Å². The van der Waals surface area contributed by atoms with E-state index in [9.17, 15) is 14.9 Å². The number of nitro groups is 1. The number of nitrogens with zero attached hydrogens (tertiary/aromatic N) is 4. The molecule has 29 heavy (non-hydrogen) atoms. The Morgan fingerprint density at radius 2 is 1.83 bits per heavy atom. The van der Waals surface area contributed by atoms with E-state index in [0.717, 1.165) is 38.3 Å². The van der Waals surface area contributed by atoms with Crippen molar-refractivity contribution in [2.45, 2.75) is 19.5 Å². The number of hydrogen-bond donors (Lipinski definition) is 1. The average Bonchev–Trinajstić information content (AvgIpc) is 2.74. The standard InChI is InChI=1S/C21H23N5O3/c1-16(21(27)23-19-4-2-3-5-20(19)26(28)29)25-12-10-24(11-13-25)15-18-8-6-17(14-22)7-9-18/h2-9,16H,10-13,15H2,1H3,(H,23,27)/t16-/m0/s1. The molecule has 0 bridgehead atoms. The monoisotopic (exact) mass is 393 g/mol. The highest BCUT2D eigenvalue weighted by atomic mass is 16.6. The van der Waals surface area contributed by atoms with Crippen LogP contribution in [0.2, 0.25) is 0 Å². The molecule has 1 heterocycles. The first-order valence-corrected chi connectivity index (χ1v) is 9.47. The van der Waals surface area contributed by atoms with Crippen LogP contribution in [-0.2, 0) is 11.3 Å². The second kappa shape index (κ2) is 9.28. The highest BCUT2D eigenvalue weighted by Gasteiger charge is 2.27. The summed E-state index contributed by atoms with van der Waals surface area (Å²) in [5, 5.41) is 22.7. The van der Waals surface area contributed by atoms with Crippen LogP contribution in [0.4, 0.5) is 11.4 Å². The van der Waals surface area contributed by atoms with Crippen LogP contribution in [0.15, 0.2) is 48.5 Å². The predicted molar refractivity (Wildman–Crippen MR) is 109 cm³/mol. The molecule has 8 nitrogen and oxygen atoms in total. The maximum Gasteiger partial charge on any atom is 0.292 e. The Kier molecular flexibility index (Phi) is 6.54. The van der Waals surface area contributed by atoms with Gasteiger partial charge in [-0.25, -0.2) is 0 Å². The maximum atomic E-state index is 12.6. The van der Waals surface area contributed by atoms with E-state index in [-0.39, 0.29) is 23.3 Å². The lowest BCUT2D eigenvalue weighted by atomic mass is 10.1. The molecule has 1 N–H and O–H groups in total. The van der Waals surface area contributed by atoms with Gasteiger partial charge in [-0.05, 0) is 30.7 Å². The summed E-state index contributed by atoms with van der Waals surface area (Å²) in [6.07, 6.45) is 0. The summed E-state index contributed by atoms with van der Waals surface area (Å²) in [5.74, 6) is -0.250. The number of piperazine rings is 1. The number of para-hydroxylation sites is 2. The van der Waals surface area contributed by atoms with E-state index in [0.29, 0.717) is 5.56 Å². The van der Waals surface area contributed by atoms with Gasteiger partial charge >= 0.3 is 0 Å². The van der Waals surface area contributed by atoms with Gasteiger partial charge in [-0.2, -0.15) is 5.26 Å². The number of benzene rings is 2. The van der Waals surface area contributed by atoms with Gasteiger partial charge in [-0.3, -0.25) is 24.7 Å². The SMILES string of the molecule is C[C@@H](C(=O)Nc1ccccc1[N+](=O)[O-])N1CCN(Cc2ccc(C#N)cc2)CC1. The number of carbonyl (C=O) groups excluding carboxylic acids is 1. The zero-order chi connectivity index (χ0) is 20.8. The number of nitrogens with one attached hydrogen (secondary N) is 1. The summed E-state index contributed by atoms with van der Waals surface area (Å²) in [4.78, 5) is 27.6. The zero-order valence-electron chi connectivity index (χ0n) is 16.2. The van der Waals surface area contributed by atoms with Crippen LogP contribution >= 0.6 is 0 Å². The van der Waals surface area contributed by atoms with Crippen molar-refractivity contribution in [3.8, 4) is 6.07 Å². The normalized spacial score (nSPS) is 16.0. The molecule has 2 aromatic carbocycles. The number of nitro benzene ring substituents is 1. The van der Waals surface area contributed by atoms with Crippen molar-refractivity contribution < 1.29 is 9.72 Å². The summed E-state index contributed by atoms with van der Waals surface area (Å²) in [6.45, 7) is 5.74. The van der Waals surface area contributed by atoms with E-state index in [2.05, 4.69) is 21.2 Å². The molecule has 1 amide bonds. The molecule has 1 aliphatic rings. The minimum atomic E-state index is -0.498. The van der Waals surface area contributed by atoms with Gasteiger partial charge in [-0.1, -0.05) is 24.3 Å². The predicted octanol–water partition coefficient (Wildman–Crippen LogP) is 2.61. The molecule has 2 aromatic rings. The first kappa shape index (κ1) is 20.5. The van der Waals surface area contributed by atoms with Crippen molar-refractivity contribution in [2.75, 3.05) is 31.5 Å². The molecule has 1 atom stereocenters. The lowest BCUT2D eigenvalue weighted by Gasteiger charge is -2.37. The molecule has 0 aliphatic carbocycles. The maximum absolute atomic E-state index is 12.6. The van der Waals surface area contributed by atoms with Crippen LogP contribution < -0.4 is 5.32 Å². The Hall–Kier alpha value is -3.28. The van der Waals surface area contributed by atoms with E-state index in [4.69, 9.17) is 5.26 Å². The summed E-state index contributed by atoms with van der Waals surface area (Å²) < 4.78 is 0. The van der Waals surface area contributed by atoms with Crippen LogP contribution in [0, 0.1) is 21.4 Å². The molecule has 1 saturated heterocycles. The van der Waals surface area contributed by atoms with Gasteiger partial charge in [0.1, 0.15) is 5.69 Å². The van der Waals surface area contributed by atoms with Crippen molar-refractivity contribution in [1.82, 2.24) is 9.80 Å². The molecule has 0 saturated carbocycles. The van der Waals surface area contributed by atoms with Crippen molar-refractivity contribution in [2.24, 2.45) is 0 Å². The zero-order valence-corrected chi connectivity index (χ0v) is 16.2. The lowest BCUT2D eigenvalue weighted by Crippen LogP contribution is -2.52. The Morgan fingerprint density at radius 3 is 2.45 bits per heavy atom. The molecule has 1 aliphatic heterocycles. The first-order valence-electron chi connectivity index (χ1n) is 9.47. The molecule has 150 valence electrons. The first-order chi connectivity index (χ1) is 14.0. The molecular weight excluding hydrogens is 370 g/mol. The van der Waals surface area contributed by atoms with Crippen LogP contribution in [-0.4, -0.2) is 52.9 Å². The molecule has 0 unspecified atom stereocenters. The van der Waals surface area contributed by atoms with E-state index >= 15 is 0 Å². The highest BCUT2D eigenvalue weighted by molar-refractivity contribution is 5.96. The molecule has 0 aromatic heterocycles. The fourth-order valence-corrected chi connectivity index (χ4v) is 3.39. The summed E-state index contributed by atoms with van der Waals surface area (Å²) in [6, 6.07) is 15.5. The number of hydrogen-bond acceptors (Lipinski definition) is 6. The van der Waals surface area contributed by atoms with Crippen LogP contribution in [0.1, 0.15) is 18.1 Å². The Balaban J connectivity index is 1.53. The van der Waals surface area contributed by atoms with Crippen LogP contribution in [0.5, 0.6) is 0 Å². The quantitative estimate of drug-likeness (QED) is 0.598. The van der Waals surface area contributed by atoms with E-state index in [1.54, 1.807) is 12.1 Å². The smallest absolute Gasteiger partial charge is 0.292 e. The van der Waals surface area contributed by atoms with Gasteiger partial charge in [0.25, 0.3) is 5.69 Å². The number of anilines is 1. The molecular formula is C21H23N5O3. The van der Waals surface area contributed by atoms with E-state index in [1.165, 1.54) is 12.1 Å². The topological polar surface area (TPSA) is 103 Å². The third-order valence-electron chi connectivity index (χ3n) is 5.18. The number of nitriles is 1. The van der Waals surface area contributed by atoms with Gasteiger partial charge in [-0.15, -0.1) is 0 Å². The third-order valence-corrected chi connectivity index (χ3v) is 5.18. The second-order valence-electron chi connectivity index (χ2n) is 7.06. The van der Waals surface area contributed by atoms with Crippen LogP contribution in [0.25, 0.3) is 0 Å². The molecule has 1 fully saturated rings. The highest BCUT2D eigenvalue weighted by Crippen LogP contribution is 2.23. The van der Waals surface area contributed by atoms with E-state index in [1.807, 2.05) is 31.2 Å². The lowest BCUT2D eigenvalue weighted by molar-refractivity contribution is -0.383. The van der Waals surface area contributed by atoms with Crippen molar-refractivity contribution in [1.29, 1.82) is 5.26 Å². The minimum Gasteiger partial charge on any atom is -0.319 e. The average molecular weight is 393 g/mol. The minimum absolute atomic E-state index is 0.111. The summed E-state index contributed by atoms with van der Waals surface area (Å²) >= 11 is 0. The van der Waals surface area contributed by atoms with Crippen molar-refractivity contribution >= 4 is 17.3 Å². The molecule has 8 heteroatoms. The number of carbonyl (C=O) groups is 1. The fourth-order valence-electron chi connectivity index (χ4n) is 3.39. The second-order valence-corrected chi connectivity index (χ2v) is 7.06. The fraction of sp³-hybridized carbons (Fsp3) is 0.333. The van der Waals surface area contributed by atoms with Gasteiger partial charge in [0.05, 0.1) is 22.6 Å². The summed E-state index contributed by atoms with van der Waals surface area (Å²) in [5.41, 5.74) is 1.91. The third kappa shape index (κ3) is 5.16. The largest absolute Gasteiger partial charge is 0.319 e.